The van der Waals surface area contributed by atoms with Crippen molar-refractivity contribution in [2.75, 3.05) is 12.9 Å². The normalized spacial score (nSPS) is 14.6. The second-order valence-corrected chi connectivity index (χ2v) is 14.0. The monoisotopic (exact) mass is 649 g/mol. The lowest BCUT2D eigenvalue weighted by Gasteiger charge is -2.38. The number of carbonyl (C=O) groups excluding carboxylic acids is 1. The van der Waals surface area contributed by atoms with Crippen LogP contribution in [0, 0.1) is 5.82 Å². The van der Waals surface area contributed by atoms with Gasteiger partial charge >= 0.3 is 6.18 Å². The Kier molecular flexibility index (Phi) is 9.37. The molecule has 13 heteroatoms. The summed E-state index contributed by atoms with van der Waals surface area (Å²) in [6, 6.07) is 12.3. The number of halogens is 4. The molecule has 4 aromatic rings. The third kappa shape index (κ3) is 7.30. The first-order valence-corrected chi connectivity index (χ1v) is 15.8. The summed E-state index contributed by atoms with van der Waals surface area (Å²) >= 11 is 0. The van der Waals surface area contributed by atoms with Gasteiger partial charge in [-0.1, -0.05) is 39.0 Å². The fraction of sp³-hybridized carbons (Fsp3) is 0.375. The number of aliphatic hydroxyl groups is 1. The van der Waals surface area contributed by atoms with Gasteiger partial charge in [-0.2, -0.15) is 13.2 Å². The van der Waals surface area contributed by atoms with E-state index < -0.39 is 57.6 Å². The van der Waals surface area contributed by atoms with Crippen LogP contribution in [0.1, 0.15) is 67.3 Å². The van der Waals surface area contributed by atoms with E-state index in [2.05, 4.69) is 15.3 Å². The van der Waals surface area contributed by atoms with Crippen LogP contribution in [0.4, 0.5) is 17.6 Å². The molecule has 0 aliphatic rings. The molecule has 2 aromatic carbocycles. The fourth-order valence-corrected chi connectivity index (χ4v) is 6.25. The summed E-state index contributed by atoms with van der Waals surface area (Å²) in [5.74, 6) is -1.03. The van der Waals surface area contributed by atoms with Crippen molar-refractivity contribution in [1.29, 1.82) is 0 Å². The van der Waals surface area contributed by atoms with Gasteiger partial charge in [-0.05, 0) is 66.3 Å². The lowest BCUT2D eigenvalue weighted by Crippen LogP contribution is -2.51. The van der Waals surface area contributed by atoms with Gasteiger partial charge in [0, 0.05) is 23.1 Å². The quantitative estimate of drug-likeness (QED) is 0.167. The van der Waals surface area contributed by atoms with Crippen LogP contribution >= 0.6 is 0 Å². The van der Waals surface area contributed by atoms with E-state index in [0.29, 0.717) is 16.7 Å². The van der Waals surface area contributed by atoms with Gasteiger partial charge in [0.2, 0.25) is 0 Å². The van der Waals surface area contributed by atoms with Crippen molar-refractivity contribution in [2.45, 2.75) is 68.8 Å². The summed E-state index contributed by atoms with van der Waals surface area (Å²) in [5, 5.41) is 14.1. The van der Waals surface area contributed by atoms with Gasteiger partial charge in [-0.15, -0.1) is 0 Å². The smallest absolute Gasteiger partial charge is 0.417 e. The molecular weight excluding hydrogens is 614 g/mol. The molecule has 1 unspecified atom stereocenters. The summed E-state index contributed by atoms with van der Waals surface area (Å²) < 4.78 is 87.8. The number of pyridine rings is 1. The Balaban J connectivity index is 1.65. The van der Waals surface area contributed by atoms with Crippen LogP contribution in [0.3, 0.4) is 0 Å². The topological polar surface area (TPSA) is 121 Å². The number of sulfone groups is 1. The van der Waals surface area contributed by atoms with Crippen molar-refractivity contribution in [3.8, 4) is 5.75 Å². The SMILES string of the molecule is CCS(=O)(=O)c1cc2cc(CC(O)(CC(C)(C)c3ccc(F)cc3C(=O)N[C@@H](C)c3ccc(OC)cc3)C(F)(F)F)[nH]c2cn1. The van der Waals surface area contributed by atoms with Gasteiger partial charge in [0.25, 0.3) is 5.91 Å². The first kappa shape index (κ1) is 33.9. The molecule has 242 valence electrons. The number of H-pyrrole nitrogens is 1. The third-order valence-electron chi connectivity index (χ3n) is 7.90. The zero-order chi connectivity index (χ0) is 33.4. The molecule has 8 nitrogen and oxygen atoms in total. The van der Waals surface area contributed by atoms with Crippen LogP contribution in [0.5, 0.6) is 5.75 Å². The minimum atomic E-state index is -5.11. The fourth-order valence-electron chi connectivity index (χ4n) is 5.43. The van der Waals surface area contributed by atoms with Crippen LogP contribution in [0.25, 0.3) is 10.9 Å². The maximum atomic E-state index is 14.6. The molecule has 0 bridgehead atoms. The van der Waals surface area contributed by atoms with Gasteiger partial charge in [0.05, 0.1) is 30.6 Å². The Morgan fingerprint density at radius 2 is 1.76 bits per heavy atom. The highest BCUT2D eigenvalue weighted by Gasteiger charge is 2.56. The standard InChI is InChI=1S/C32H35F4N3O5S/c1-6-45(42,43)28-14-21-13-23(39-27(21)17-37-28)16-31(41,32(34,35)36)18-30(3,4)26-12-9-22(33)15-25(26)29(40)38-19(2)20-7-10-24(44-5)11-8-20/h7-15,17,19,39,41H,6,16,18H2,1-5H3,(H,38,40)/t19-,31?/m0/s1. The van der Waals surface area contributed by atoms with Gasteiger partial charge in [0.15, 0.2) is 20.5 Å². The van der Waals surface area contributed by atoms with E-state index in [0.717, 1.165) is 17.7 Å². The molecule has 45 heavy (non-hydrogen) atoms. The summed E-state index contributed by atoms with van der Waals surface area (Å²) in [4.78, 5) is 20.1. The Morgan fingerprint density at radius 1 is 1.09 bits per heavy atom. The van der Waals surface area contributed by atoms with E-state index in [1.807, 2.05) is 0 Å². The molecule has 0 saturated heterocycles. The van der Waals surface area contributed by atoms with E-state index in [1.54, 1.807) is 31.2 Å². The lowest BCUT2D eigenvalue weighted by atomic mass is 9.72. The molecule has 0 aliphatic heterocycles. The zero-order valence-electron chi connectivity index (χ0n) is 25.4. The molecule has 3 N–H and O–H groups in total. The Morgan fingerprint density at radius 3 is 2.36 bits per heavy atom. The molecule has 4 rings (SSSR count). The maximum absolute atomic E-state index is 14.6. The van der Waals surface area contributed by atoms with Gasteiger partial charge in [-0.25, -0.2) is 17.8 Å². The Labute approximate surface area is 258 Å². The van der Waals surface area contributed by atoms with Crippen molar-refractivity contribution in [1.82, 2.24) is 15.3 Å². The number of ether oxygens (including phenoxy) is 1. The van der Waals surface area contributed by atoms with Crippen molar-refractivity contribution >= 4 is 26.6 Å². The Hall–Kier alpha value is -3.97. The predicted octanol–water partition coefficient (Wildman–Crippen LogP) is 6.20. The van der Waals surface area contributed by atoms with Crippen LogP contribution < -0.4 is 10.1 Å². The molecule has 2 heterocycles. The molecule has 1 amide bonds. The number of nitrogens with one attached hydrogen (secondary N) is 2. The second-order valence-electron chi connectivity index (χ2n) is 11.7. The summed E-state index contributed by atoms with van der Waals surface area (Å²) in [7, 11) is -2.14. The van der Waals surface area contributed by atoms with E-state index in [4.69, 9.17) is 4.74 Å². The van der Waals surface area contributed by atoms with Crippen molar-refractivity contribution in [3.05, 3.63) is 89.0 Å². The number of carbonyl (C=O) groups is 1. The van der Waals surface area contributed by atoms with Crippen molar-refractivity contribution in [2.24, 2.45) is 0 Å². The van der Waals surface area contributed by atoms with Crippen molar-refractivity contribution < 1.29 is 40.6 Å². The third-order valence-corrected chi connectivity index (χ3v) is 9.52. The first-order chi connectivity index (χ1) is 20.9. The lowest BCUT2D eigenvalue weighted by molar-refractivity contribution is -0.266. The average molecular weight is 650 g/mol. The minimum Gasteiger partial charge on any atom is -0.497 e. The number of amides is 1. The Bertz CT molecular complexity index is 1800. The van der Waals surface area contributed by atoms with E-state index in [1.165, 1.54) is 52.3 Å². The number of hydrogen-bond acceptors (Lipinski definition) is 6. The molecular formula is C32H35F4N3O5S. The zero-order valence-corrected chi connectivity index (χ0v) is 26.2. The number of methoxy groups -OCH3 is 1. The molecule has 0 fully saturated rings. The summed E-state index contributed by atoms with van der Waals surface area (Å²) in [6.07, 6.45) is -5.68. The largest absolute Gasteiger partial charge is 0.497 e. The number of alkyl halides is 3. The second kappa shape index (κ2) is 12.4. The number of nitrogens with zero attached hydrogens (tertiary/aromatic N) is 1. The van der Waals surface area contributed by atoms with Crippen LogP contribution in [-0.2, 0) is 21.7 Å². The number of rotatable bonds is 11. The number of hydrogen-bond donors (Lipinski definition) is 3. The highest BCUT2D eigenvalue weighted by Crippen LogP contribution is 2.44. The van der Waals surface area contributed by atoms with Crippen molar-refractivity contribution in [3.63, 3.8) is 0 Å². The van der Waals surface area contributed by atoms with Gasteiger partial charge in [-0.3, -0.25) is 4.79 Å². The van der Waals surface area contributed by atoms with E-state index >= 15 is 0 Å². The number of benzene rings is 2. The maximum Gasteiger partial charge on any atom is 0.417 e. The molecule has 0 spiro atoms. The minimum absolute atomic E-state index is 0.00106. The van der Waals surface area contributed by atoms with E-state index in [9.17, 15) is 35.9 Å². The molecule has 2 aromatic heterocycles. The average Bonchev–Trinajstić information content (AvgIpc) is 3.37. The first-order valence-electron chi connectivity index (χ1n) is 14.1. The predicted molar refractivity (Wildman–Crippen MR) is 161 cm³/mol. The summed E-state index contributed by atoms with van der Waals surface area (Å²) in [6.45, 7) is 6.05. The van der Waals surface area contributed by atoms with Crippen LogP contribution in [0.15, 0.2) is 65.8 Å². The number of fused-ring (bicyclic) bond motifs is 1. The highest BCUT2D eigenvalue weighted by atomic mass is 32.2. The molecule has 0 saturated carbocycles. The van der Waals surface area contributed by atoms with Gasteiger partial charge in [0.1, 0.15) is 11.6 Å². The summed E-state index contributed by atoms with van der Waals surface area (Å²) in [5.41, 5.74) is -3.80. The molecule has 0 radical (unpaired) electrons. The van der Waals surface area contributed by atoms with E-state index in [-0.39, 0.29) is 27.6 Å². The number of aromatic amines is 1. The highest BCUT2D eigenvalue weighted by molar-refractivity contribution is 7.91. The van der Waals surface area contributed by atoms with Gasteiger partial charge < -0.3 is 20.1 Å². The molecule has 2 atom stereocenters. The number of aromatic nitrogens is 2. The molecule has 0 aliphatic carbocycles. The van der Waals surface area contributed by atoms with Crippen LogP contribution in [0.2, 0.25) is 0 Å². The van der Waals surface area contributed by atoms with Crippen LogP contribution in [-0.4, -0.2) is 54.0 Å².